The molecular formula is C30H40ClN5O. The highest BCUT2D eigenvalue weighted by Gasteiger charge is 2.28. The van der Waals surface area contributed by atoms with Crippen LogP contribution in [-0.2, 0) is 13.1 Å². The van der Waals surface area contributed by atoms with Crippen LogP contribution >= 0.6 is 11.6 Å². The largest absolute Gasteiger partial charge is 0.369 e. The van der Waals surface area contributed by atoms with Gasteiger partial charge in [0.05, 0.1) is 6.54 Å². The van der Waals surface area contributed by atoms with E-state index in [1.54, 1.807) is 12.3 Å². The first kappa shape index (κ1) is 27.2. The number of nitrogens with one attached hydrogen (secondary N) is 1. The molecule has 6 nitrogen and oxygen atoms in total. The number of halogens is 1. The van der Waals surface area contributed by atoms with Gasteiger partial charge in [-0.2, -0.15) is 0 Å². The first-order chi connectivity index (χ1) is 17.8. The third-order valence-electron chi connectivity index (χ3n) is 7.76. The van der Waals surface area contributed by atoms with Crippen molar-refractivity contribution in [2.75, 3.05) is 25.5 Å². The molecule has 2 aromatic carbocycles. The van der Waals surface area contributed by atoms with Crippen LogP contribution in [0.25, 0.3) is 0 Å². The van der Waals surface area contributed by atoms with Gasteiger partial charge in [0.25, 0.3) is 5.91 Å². The molecule has 3 aromatic rings. The Labute approximate surface area is 226 Å². The van der Waals surface area contributed by atoms with Gasteiger partial charge in [0.1, 0.15) is 5.82 Å². The normalized spacial score (nSPS) is 17.7. The molecule has 4 rings (SSSR count). The summed E-state index contributed by atoms with van der Waals surface area (Å²) in [7, 11) is 4.34. The minimum atomic E-state index is -0.126. The molecule has 7 heteroatoms. The molecule has 1 aliphatic carbocycles. The van der Waals surface area contributed by atoms with Crippen molar-refractivity contribution in [2.45, 2.75) is 71.6 Å². The second-order valence-corrected chi connectivity index (χ2v) is 10.9. The quantitative estimate of drug-likeness (QED) is 0.385. The standard InChI is InChI=1S/C30H40ClN5O/c1-6-36(26-13-11-25(12-14-26)34(4)5)28-18-24(31)17-27(22(28)3)30(37)33-19-29-32-15-16-35(29)20-23-9-7-21(2)8-10-23/h7-10,15-18,25-26H,6,11-14,19-20H2,1-5H3,(H,33,37)/t25-,26-. The fraction of sp³-hybridized carbons (Fsp3) is 0.467. The molecule has 1 saturated carbocycles. The zero-order chi connectivity index (χ0) is 26.5. The van der Waals surface area contributed by atoms with E-state index < -0.39 is 0 Å². The number of aryl methyl sites for hydroxylation is 1. The fourth-order valence-corrected chi connectivity index (χ4v) is 5.72. The number of carbonyl (C=O) groups is 1. The van der Waals surface area contributed by atoms with Crippen LogP contribution in [0.15, 0.2) is 48.8 Å². The number of hydrogen-bond donors (Lipinski definition) is 1. The lowest BCUT2D eigenvalue weighted by Crippen LogP contribution is -2.42. The predicted molar refractivity (Wildman–Crippen MR) is 153 cm³/mol. The van der Waals surface area contributed by atoms with E-state index >= 15 is 0 Å². The highest BCUT2D eigenvalue weighted by atomic mass is 35.5. The van der Waals surface area contributed by atoms with Gasteiger partial charge in [0, 0.05) is 53.8 Å². The molecule has 1 amide bonds. The molecule has 0 aliphatic heterocycles. The topological polar surface area (TPSA) is 53.4 Å². The zero-order valence-electron chi connectivity index (χ0n) is 22.8. The van der Waals surface area contributed by atoms with Crippen LogP contribution in [0, 0.1) is 13.8 Å². The van der Waals surface area contributed by atoms with Crippen molar-refractivity contribution in [3.8, 4) is 0 Å². The second kappa shape index (κ2) is 12.1. The van der Waals surface area contributed by atoms with Crippen molar-refractivity contribution < 1.29 is 4.79 Å². The number of imidazole rings is 1. The monoisotopic (exact) mass is 521 g/mol. The van der Waals surface area contributed by atoms with E-state index in [1.165, 1.54) is 24.0 Å². The van der Waals surface area contributed by atoms with Crippen LogP contribution in [0.5, 0.6) is 0 Å². The van der Waals surface area contributed by atoms with Crippen LogP contribution < -0.4 is 10.2 Å². The van der Waals surface area contributed by atoms with Gasteiger partial charge < -0.3 is 19.7 Å². The van der Waals surface area contributed by atoms with E-state index in [1.807, 2.05) is 19.2 Å². The Morgan fingerprint density at radius 2 is 1.76 bits per heavy atom. The molecule has 1 fully saturated rings. The number of anilines is 1. The highest BCUT2D eigenvalue weighted by molar-refractivity contribution is 6.31. The van der Waals surface area contributed by atoms with Crippen molar-refractivity contribution in [3.05, 3.63) is 81.9 Å². The smallest absolute Gasteiger partial charge is 0.252 e. The second-order valence-electron chi connectivity index (χ2n) is 10.4. The van der Waals surface area contributed by atoms with Crippen LogP contribution in [0.1, 0.15) is 65.5 Å². The molecule has 0 spiro atoms. The lowest BCUT2D eigenvalue weighted by molar-refractivity contribution is 0.0949. The number of carbonyl (C=O) groups excluding carboxylic acids is 1. The minimum Gasteiger partial charge on any atom is -0.369 e. The molecule has 0 bridgehead atoms. The third kappa shape index (κ3) is 6.55. The summed E-state index contributed by atoms with van der Waals surface area (Å²) in [4.78, 5) is 22.6. The number of benzene rings is 2. The Kier molecular flexibility index (Phi) is 8.93. The van der Waals surface area contributed by atoms with Crippen LogP contribution in [-0.4, -0.2) is 53.1 Å². The van der Waals surface area contributed by atoms with E-state index in [4.69, 9.17) is 11.6 Å². The van der Waals surface area contributed by atoms with Crippen LogP contribution in [0.3, 0.4) is 0 Å². The van der Waals surface area contributed by atoms with Crippen molar-refractivity contribution in [3.63, 3.8) is 0 Å². The Balaban J connectivity index is 1.47. The molecule has 1 heterocycles. The van der Waals surface area contributed by atoms with Gasteiger partial charge in [0.15, 0.2) is 0 Å². The first-order valence-corrected chi connectivity index (χ1v) is 13.7. The van der Waals surface area contributed by atoms with Crippen LogP contribution in [0.4, 0.5) is 5.69 Å². The van der Waals surface area contributed by atoms with Crippen molar-refractivity contribution in [2.24, 2.45) is 0 Å². The summed E-state index contributed by atoms with van der Waals surface area (Å²) in [5.41, 5.74) is 5.10. The molecule has 37 heavy (non-hydrogen) atoms. The number of nitrogens with zero attached hydrogens (tertiary/aromatic N) is 4. The zero-order valence-corrected chi connectivity index (χ0v) is 23.6. The maximum atomic E-state index is 13.3. The molecule has 0 saturated heterocycles. The molecular weight excluding hydrogens is 482 g/mol. The molecule has 1 aromatic heterocycles. The maximum Gasteiger partial charge on any atom is 0.252 e. The SMILES string of the molecule is CCN(c1cc(Cl)cc(C(=O)NCc2nccn2Cc2ccc(C)cc2)c1C)[C@H]1CC[C@H](N(C)C)CC1. The predicted octanol–water partition coefficient (Wildman–Crippen LogP) is 5.83. The van der Waals surface area contributed by atoms with E-state index in [-0.39, 0.29) is 5.91 Å². The average molecular weight is 522 g/mol. The van der Waals surface area contributed by atoms with E-state index in [9.17, 15) is 4.79 Å². The summed E-state index contributed by atoms with van der Waals surface area (Å²) in [6, 6.07) is 13.4. The van der Waals surface area contributed by atoms with Gasteiger partial charge >= 0.3 is 0 Å². The summed E-state index contributed by atoms with van der Waals surface area (Å²) >= 11 is 6.57. The van der Waals surface area contributed by atoms with E-state index in [0.717, 1.165) is 36.5 Å². The Hall–Kier alpha value is -2.83. The summed E-state index contributed by atoms with van der Waals surface area (Å²) in [5, 5.41) is 3.67. The minimum absolute atomic E-state index is 0.126. The summed E-state index contributed by atoms with van der Waals surface area (Å²) in [6.45, 7) is 8.26. The average Bonchev–Trinajstić information content (AvgIpc) is 3.33. The summed E-state index contributed by atoms with van der Waals surface area (Å²) < 4.78 is 2.07. The molecule has 1 N–H and O–H groups in total. The van der Waals surface area contributed by atoms with Crippen molar-refractivity contribution in [1.29, 1.82) is 0 Å². The van der Waals surface area contributed by atoms with Gasteiger partial charge in [-0.1, -0.05) is 41.4 Å². The molecule has 1 aliphatic rings. The first-order valence-electron chi connectivity index (χ1n) is 13.3. The number of rotatable bonds is 9. The molecule has 198 valence electrons. The molecule has 0 radical (unpaired) electrons. The summed E-state index contributed by atoms with van der Waals surface area (Å²) in [5.74, 6) is 0.695. The van der Waals surface area contributed by atoms with Gasteiger partial charge in [-0.05, 0) is 83.8 Å². The van der Waals surface area contributed by atoms with Crippen LogP contribution in [0.2, 0.25) is 5.02 Å². The van der Waals surface area contributed by atoms with Crippen molar-refractivity contribution in [1.82, 2.24) is 19.8 Å². The Morgan fingerprint density at radius 1 is 1.08 bits per heavy atom. The van der Waals surface area contributed by atoms with Crippen molar-refractivity contribution >= 4 is 23.2 Å². The van der Waals surface area contributed by atoms with Gasteiger partial charge in [-0.3, -0.25) is 4.79 Å². The van der Waals surface area contributed by atoms with E-state index in [2.05, 4.69) is 76.9 Å². The summed E-state index contributed by atoms with van der Waals surface area (Å²) in [6.07, 6.45) is 8.41. The Morgan fingerprint density at radius 3 is 2.41 bits per heavy atom. The molecule has 0 atom stereocenters. The number of amides is 1. The third-order valence-corrected chi connectivity index (χ3v) is 7.98. The van der Waals surface area contributed by atoms with Gasteiger partial charge in [-0.25, -0.2) is 4.98 Å². The highest BCUT2D eigenvalue weighted by Crippen LogP contribution is 2.34. The Bertz CT molecular complexity index is 1200. The molecule has 0 unspecified atom stereocenters. The number of hydrogen-bond acceptors (Lipinski definition) is 4. The number of aromatic nitrogens is 2. The van der Waals surface area contributed by atoms with Gasteiger partial charge in [-0.15, -0.1) is 0 Å². The fourth-order valence-electron chi connectivity index (χ4n) is 5.51. The van der Waals surface area contributed by atoms with Gasteiger partial charge in [0.2, 0.25) is 0 Å². The van der Waals surface area contributed by atoms with E-state index in [0.29, 0.717) is 35.8 Å². The maximum absolute atomic E-state index is 13.3. The lowest BCUT2D eigenvalue weighted by Gasteiger charge is -2.40. The lowest BCUT2D eigenvalue weighted by atomic mass is 9.89.